The number of hydrogen-bond acceptors (Lipinski definition) is 13. The number of esters is 6. The van der Waals surface area contributed by atoms with Gasteiger partial charge in [-0.25, -0.2) is 0 Å². The Bertz CT molecular complexity index is 1660. The zero-order valence-electron chi connectivity index (χ0n) is 26.3. The Morgan fingerprint density at radius 2 is 0.787 bits per heavy atom. The van der Waals surface area contributed by atoms with E-state index in [0.717, 1.165) is 20.8 Å². The second-order valence-corrected chi connectivity index (χ2v) is 9.94. The van der Waals surface area contributed by atoms with Crippen molar-refractivity contribution in [1.82, 2.24) is 0 Å². The van der Waals surface area contributed by atoms with Crippen molar-refractivity contribution in [2.75, 3.05) is 5.32 Å². The molecule has 0 atom stereocenters. The molecule has 14 nitrogen and oxygen atoms in total. The van der Waals surface area contributed by atoms with Gasteiger partial charge in [0.15, 0.2) is 34.5 Å². The van der Waals surface area contributed by atoms with E-state index in [9.17, 15) is 33.6 Å². The molecule has 1 amide bonds. The molecule has 0 saturated carbocycles. The maximum Gasteiger partial charge on any atom is 0.308 e. The number of benzene rings is 3. The molecule has 0 spiro atoms. The minimum absolute atomic E-state index is 0.0414. The van der Waals surface area contributed by atoms with E-state index in [4.69, 9.17) is 28.4 Å². The average molecular weight is 650 g/mol. The summed E-state index contributed by atoms with van der Waals surface area (Å²) in [5, 5.41) is 2.69. The minimum atomic E-state index is -0.829. The normalized spacial score (nSPS) is 10.4. The molecule has 0 radical (unpaired) electrons. The maximum absolute atomic E-state index is 13.5. The molecule has 1 N–H and O–H groups in total. The topological polar surface area (TPSA) is 187 Å². The van der Waals surface area contributed by atoms with Crippen molar-refractivity contribution in [3.63, 3.8) is 0 Å². The first-order chi connectivity index (χ1) is 22.1. The van der Waals surface area contributed by atoms with Crippen LogP contribution in [0.2, 0.25) is 0 Å². The van der Waals surface area contributed by atoms with Gasteiger partial charge >= 0.3 is 35.8 Å². The van der Waals surface area contributed by atoms with Crippen LogP contribution < -0.4 is 33.7 Å². The smallest absolute Gasteiger partial charge is 0.308 e. The van der Waals surface area contributed by atoms with Crippen LogP contribution in [0, 0.1) is 0 Å². The SMILES string of the molecule is CC(=O)Oc1ccc(NC(=O)CC(c2ccc(OC(C)=O)c(OC(C)=O)c2)c2ccc(OC(C)=O)c(OC(C)=O)c2)cc1OC(C)=O. The molecular formula is C33H31NO13. The fourth-order valence-electron chi connectivity index (χ4n) is 4.32. The van der Waals surface area contributed by atoms with Crippen LogP contribution in [0.25, 0.3) is 0 Å². The van der Waals surface area contributed by atoms with Crippen LogP contribution in [-0.4, -0.2) is 41.7 Å². The molecule has 0 aliphatic rings. The summed E-state index contributed by atoms with van der Waals surface area (Å²) < 4.78 is 31.1. The molecule has 0 fully saturated rings. The third-order valence-electron chi connectivity index (χ3n) is 5.88. The molecule has 0 aliphatic carbocycles. The van der Waals surface area contributed by atoms with Crippen LogP contribution in [-0.2, 0) is 33.6 Å². The van der Waals surface area contributed by atoms with Crippen LogP contribution in [0.1, 0.15) is 65.0 Å². The predicted octanol–water partition coefficient (Wildman–Crippen LogP) is 4.40. The fourth-order valence-corrected chi connectivity index (χ4v) is 4.32. The average Bonchev–Trinajstić information content (AvgIpc) is 2.93. The summed E-state index contributed by atoms with van der Waals surface area (Å²) in [6.45, 7) is 6.98. The predicted molar refractivity (Wildman–Crippen MR) is 162 cm³/mol. The lowest BCUT2D eigenvalue weighted by molar-refractivity contribution is -0.134. The van der Waals surface area contributed by atoms with Gasteiger partial charge in [-0.05, 0) is 47.5 Å². The largest absolute Gasteiger partial charge is 0.423 e. The maximum atomic E-state index is 13.5. The minimum Gasteiger partial charge on any atom is -0.423 e. The second kappa shape index (κ2) is 15.8. The third-order valence-corrected chi connectivity index (χ3v) is 5.88. The molecular weight excluding hydrogens is 618 g/mol. The monoisotopic (exact) mass is 649 g/mol. The Morgan fingerprint density at radius 3 is 1.15 bits per heavy atom. The molecule has 0 aliphatic heterocycles. The van der Waals surface area contributed by atoms with Gasteiger partial charge in [0.1, 0.15) is 0 Å². The van der Waals surface area contributed by atoms with E-state index >= 15 is 0 Å². The molecule has 14 heteroatoms. The van der Waals surface area contributed by atoms with Crippen LogP contribution >= 0.6 is 0 Å². The zero-order valence-corrected chi connectivity index (χ0v) is 26.3. The van der Waals surface area contributed by atoms with Crippen LogP contribution in [0.3, 0.4) is 0 Å². The van der Waals surface area contributed by atoms with Crippen LogP contribution in [0.5, 0.6) is 34.5 Å². The van der Waals surface area contributed by atoms with E-state index in [2.05, 4.69) is 5.32 Å². The van der Waals surface area contributed by atoms with E-state index in [-0.39, 0.29) is 46.6 Å². The van der Waals surface area contributed by atoms with Gasteiger partial charge in [-0.1, -0.05) is 12.1 Å². The lowest BCUT2D eigenvalue weighted by atomic mass is 9.87. The molecule has 0 saturated heterocycles. The van der Waals surface area contributed by atoms with Crippen molar-refractivity contribution in [3.05, 3.63) is 65.7 Å². The molecule has 0 unspecified atom stereocenters. The van der Waals surface area contributed by atoms with Gasteiger partial charge < -0.3 is 33.7 Å². The summed E-state index contributed by atoms with van der Waals surface area (Å²) in [4.78, 5) is 83.6. The Hall–Kier alpha value is -6.05. The first kappa shape index (κ1) is 35.4. The summed E-state index contributed by atoms with van der Waals surface area (Å²) in [5.41, 5.74) is 1.01. The number of ether oxygens (including phenoxy) is 6. The molecule has 47 heavy (non-hydrogen) atoms. The van der Waals surface area contributed by atoms with E-state index in [1.165, 1.54) is 63.2 Å². The summed E-state index contributed by atoms with van der Waals surface area (Å²) in [7, 11) is 0. The molecule has 3 aromatic rings. The van der Waals surface area contributed by atoms with Gasteiger partial charge in [0, 0.05) is 65.6 Å². The van der Waals surface area contributed by atoms with E-state index < -0.39 is 47.6 Å². The summed E-state index contributed by atoms with van der Waals surface area (Å²) in [5.74, 6) is -5.90. The van der Waals surface area contributed by atoms with Crippen molar-refractivity contribution in [3.8, 4) is 34.5 Å². The van der Waals surface area contributed by atoms with Crippen molar-refractivity contribution in [2.45, 2.75) is 53.9 Å². The number of carbonyl (C=O) groups is 7. The first-order valence-corrected chi connectivity index (χ1v) is 13.9. The molecule has 0 aromatic heterocycles. The lowest BCUT2D eigenvalue weighted by Crippen LogP contribution is -2.17. The van der Waals surface area contributed by atoms with Crippen molar-refractivity contribution < 1.29 is 62.0 Å². The van der Waals surface area contributed by atoms with Gasteiger partial charge in [-0.15, -0.1) is 0 Å². The number of rotatable bonds is 11. The van der Waals surface area contributed by atoms with Gasteiger partial charge in [0.25, 0.3) is 0 Å². The van der Waals surface area contributed by atoms with E-state index in [1.54, 1.807) is 12.1 Å². The van der Waals surface area contributed by atoms with Crippen LogP contribution in [0.15, 0.2) is 54.6 Å². The molecule has 0 heterocycles. The summed E-state index contributed by atoms with van der Waals surface area (Å²) >= 11 is 0. The van der Waals surface area contributed by atoms with Crippen molar-refractivity contribution in [1.29, 1.82) is 0 Å². The van der Waals surface area contributed by atoms with Crippen molar-refractivity contribution >= 4 is 47.4 Å². The number of carbonyl (C=O) groups excluding carboxylic acids is 7. The van der Waals surface area contributed by atoms with E-state index in [0.29, 0.717) is 11.1 Å². The highest BCUT2D eigenvalue weighted by molar-refractivity contribution is 5.92. The third kappa shape index (κ3) is 10.8. The lowest BCUT2D eigenvalue weighted by Gasteiger charge is -2.21. The Morgan fingerprint density at radius 1 is 0.468 bits per heavy atom. The van der Waals surface area contributed by atoms with Crippen molar-refractivity contribution in [2.24, 2.45) is 0 Å². The zero-order chi connectivity index (χ0) is 34.8. The highest BCUT2D eigenvalue weighted by Crippen LogP contribution is 2.39. The molecule has 246 valence electrons. The Balaban J connectivity index is 2.09. The molecule has 3 aromatic carbocycles. The standard InChI is InChI=1S/C33H31NO13/c1-17(35)42-27-10-7-23(13-30(27)45-20(4)38)26(24-8-11-28(43-18(2)36)31(14-24)46-21(5)39)16-33(41)34-25-9-12-29(44-19(3)37)32(15-25)47-22(6)40/h7-15,26H,16H2,1-6H3,(H,34,41). The van der Waals surface area contributed by atoms with E-state index in [1.807, 2.05) is 0 Å². The van der Waals surface area contributed by atoms with Gasteiger partial charge in [-0.3, -0.25) is 33.6 Å². The summed E-state index contributed by atoms with van der Waals surface area (Å²) in [6, 6.07) is 12.8. The second-order valence-electron chi connectivity index (χ2n) is 9.94. The Labute approximate surface area is 268 Å². The number of nitrogens with one attached hydrogen (secondary N) is 1. The molecule has 3 rings (SSSR count). The first-order valence-electron chi connectivity index (χ1n) is 13.9. The Kier molecular flexibility index (Phi) is 11.9. The van der Waals surface area contributed by atoms with Gasteiger partial charge in [0.2, 0.25) is 5.91 Å². The fraction of sp³-hybridized carbons (Fsp3) is 0.242. The number of amides is 1. The van der Waals surface area contributed by atoms with Gasteiger partial charge in [-0.2, -0.15) is 0 Å². The highest BCUT2D eigenvalue weighted by Gasteiger charge is 2.24. The van der Waals surface area contributed by atoms with Gasteiger partial charge in [0.05, 0.1) is 0 Å². The summed E-state index contributed by atoms with van der Waals surface area (Å²) in [6.07, 6.45) is -0.270. The highest BCUT2D eigenvalue weighted by atomic mass is 16.6. The molecule has 0 bridgehead atoms. The number of anilines is 1. The quantitative estimate of drug-likeness (QED) is 0.228. The van der Waals surface area contributed by atoms with Crippen LogP contribution in [0.4, 0.5) is 5.69 Å². The number of hydrogen-bond donors (Lipinski definition) is 1.